The number of carbonyl (C=O) groups is 1. The lowest BCUT2D eigenvalue weighted by Crippen LogP contribution is -2.23. The molecule has 3 heterocycles. The number of hydrogen-bond acceptors (Lipinski definition) is 4. The smallest absolute Gasteiger partial charge is 0.338 e. The number of nitriles is 1. The van der Waals surface area contributed by atoms with Crippen LogP contribution in [0.5, 0.6) is 0 Å². The molecule has 1 saturated heterocycles. The van der Waals surface area contributed by atoms with E-state index in [2.05, 4.69) is 16.1 Å². The Morgan fingerprint density at radius 1 is 1.57 bits per heavy atom. The Morgan fingerprint density at radius 2 is 2.26 bits per heavy atom. The van der Waals surface area contributed by atoms with Crippen LogP contribution in [0.4, 0.5) is 0 Å². The molecule has 8 heteroatoms. The van der Waals surface area contributed by atoms with Crippen LogP contribution in [0, 0.1) is 24.1 Å². The third-order valence-electron chi connectivity index (χ3n) is 4.56. The van der Waals surface area contributed by atoms with E-state index in [1.165, 1.54) is 6.20 Å². The van der Waals surface area contributed by atoms with Gasteiger partial charge in [-0.15, -0.1) is 0 Å². The molecular weight excluding hydrogens is 314 g/mol. The summed E-state index contributed by atoms with van der Waals surface area (Å²) in [7, 11) is 0. The first-order valence-electron chi connectivity index (χ1n) is 7.65. The molecule has 2 aromatic heterocycles. The highest BCUT2D eigenvalue weighted by molar-refractivity contribution is 6.67. The molecule has 2 aromatic rings. The van der Waals surface area contributed by atoms with Crippen LogP contribution in [-0.2, 0) is 6.54 Å². The highest BCUT2D eigenvalue weighted by atomic mass is 35.5. The van der Waals surface area contributed by atoms with Gasteiger partial charge < -0.3 is 5.11 Å². The number of hydrogen-bond donors (Lipinski definition) is 1. The van der Waals surface area contributed by atoms with Gasteiger partial charge in [-0.05, 0) is 12.8 Å². The van der Waals surface area contributed by atoms with Gasteiger partial charge in [0.05, 0.1) is 21.7 Å². The molecule has 3 rings (SSSR count). The molecule has 0 amide bonds. The molecule has 1 aliphatic rings. The minimum Gasteiger partial charge on any atom is -0.478 e. The van der Waals surface area contributed by atoms with Gasteiger partial charge in [-0.3, -0.25) is 0 Å². The van der Waals surface area contributed by atoms with E-state index >= 15 is 0 Å². The number of carboxylic acid groups (broad SMARTS) is 1. The van der Waals surface area contributed by atoms with Gasteiger partial charge in [-0.2, -0.15) is 5.10 Å². The number of pyridine rings is 1. The monoisotopic (exact) mass is 330 g/mol. The molecule has 0 saturated carbocycles. The molecule has 0 unspecified atom stereocenters. The van der Waals surface area contributed by atoms with Gasteiger partial charge >= 0.3 is 5.97 Å². The van der Waals surface area contributed by atoms with Crippen molar-refractivity contribution in [2.75, 3.05) is 0 Å². The number of rotatable bonds is 3. The molecule has 0 bridgehead atoms. The summed E-state index contributed by atoms with van der Waals surface area (Å²) in [4.78, 5) is 15.4. The summed E-state index contributed by atoms with van der Waals surface area (Å²) in [6.07, 6.45) is 5.14. The van der Waals surface area contributed by atoms with Crippen molar-refractivity contribution in [3.63, 3.8) is 0 Å². The second kappa shape index (κ2) is 6.21. The van der Waals surface area contributed by atoms with Crippen molar-refractivity contribution in [2.24, 2.45) is 5.92 Å². The average Bonchev–Trinajstić information content (AvgIpc) is 2.85. The van der Waals surface area contributed by atoms with E-state index < -0.39 is 5.97 Å². The Bertz CT molecular complexity index is 806. The normalized spacial score (nSPS) is 15.8. The van der Waals surface area contributed by atoms with Gasteiger partial charge in [0.15, 0.2) is 5.65 Å². The van der Waals surface area contributed by atoms with Gasteiger partial charge in [0.1, 0.15) is 0 Å². The first-order chi connectivity index (χ1) is 11.0. The van der Waals surface area contributed by atoms with Crippen LogP contribution in [0.25, 0.3) is 11.0 Å². The Kier molecular flexibility index (Phi) is 4.27. The van der Waals surface area contributed by atoms with Crippen LogP contribution < -0.4 is 0 Å². The lowest BCUT2D eigenvalue weighted by molar-refractivity contribution is 0.0697. The average molecular weight is 331 g/mol. The fourth-order valence-corrected chi connectivity index (χ4v) is 3.62. The fourth-order valence-electron chi connectivity index (χ4n) is 3.27. The Balaban J connectivity index is 1.90. The zero-order valence-corrected chi connectivity index (χ0v) is 13.5. The van der Waals surface area contributed by atoms with E-state index in [9.17, 15) is 4.79 Å². The zero-order chi connectivity index (χ0) is 16.6. The van der Waals surface area contributed by atoms with Crippen molar-refractivity contribution in [3.05, 3.63) is 22.5 Å². The highest BCUT2D eigenvalue weighted by Gasteiger charge is 2.26. The molecule has 0 aromatic carbocycles. The molecule has 23 heavy (non-hydrogen) atoms. The maximum absolute atomic E-state index is 11.2. The topological polar surface area (TPSA) is 91.8 Å². The van der Waals surface area contributed by atoms with E-state index in [-0.39, 0.29) is 17.3 Å². The molecule has 1 fully saturated rings. The van der Waals surface area contributed by atoms with Crippen LogP contribution in [0.3, 0.4) is 0 Å². The largest absolute Gasteiger partial charge is 0.478 e. The molecule has 0 spiro atoms. The molecule has 1 N–H and O–H groups in total. The summed E-state index contributed by atoms with van der Waals surface area (Å²) in [6.45, 7) is 2.70. The number of fused-ring (bicyclic) bond motifs is 1. The zero-order valence-electron chi connectivity index (χ0n) is 12.8. The first-order valence-corrected chi connectivity index (χ1v) is 8.03. The number of carboxylic acids is 1. The maximum atomic E-state index is 11.2. The van der Waals surface area contributed by atoms with Crippen LogP contribution in [-0.4, -0.2) is 32.6 Å². The van der Waals surface area contributed by atoms with E-state index in [0.717, 1.165) is 32.0 Å². The van der Waals surface area contributed by atoms with Crippen molar-refractivity contribution in [1.29, 1.82) is 5.26 Å². The summed E-state index contributed by atoms with van der Waals surface area (Å²) in [5, 5.41) is 23.4. The van der Waals surface area contributed by atoms with Crippen LogP contribution in [0.1, 0.15) is 28.9 Å². The summed E-state index contributed by atoms with van der Waals surface area (Å²) in [5.41, 5.74) is 1.31. The minimum absolute atomic E-state index is 0.00338. The summed E-state index contributed by atoms with van der Waals surface area (Å²) in [5.74, 6) is 1.71. The maximum Gasteiger partial charge on any atom is 0.338 e. The van der Waals surface area contributed by atoms with E-state index in [0.29, 0.717) is 22.6 Å². The Labute approximate surface area is 139 Å². The van der Waals surface area contributed by atoms with Gasteiger partial charge in [0, 0.05) is 18.7 Å². The summed E-state index contributed by atoms with van der Waals surface area (Å²) >= 11 is 6.23. The second-order valence-corrected chi connectivity index (χ2v) is 6.48. The van der Waals surface area contributed by atoms with E-state index in [1.54, 1.807) is 0 Å². The summed E-state index contributed by atoms with van der Waals surface area (Å²) < 4.78 is 1.82. The number of nitrogens with zero attached hydrogens (tertiary/aromatic N) is 4. The van der Waals surface area contributed by atoms with Gasteiger partial charge in [0.2, 0.25) is 0 Å². The van der Waals surface area contributed by atoms with Crippen LogP contribution >= 0.6 is 11.6 Å². The quantitative estimate of drug-likeness (QED) is 0.873. The van der Waals surface area contributed by atoms with Gasteiger partial charge in [-0.1, -0.05) is 37.1 Å². The van der Waals surface area contributed by atoms with Crippen molar-refractivity contribution < 1.29 is 9.90 Å². The standard InChI is InChI=1S/C15H16BClN4O2/c1-9-12-13(17)11(15(22)23)6-19-14(12)21(20-9)7-10-2-4-16(8-18)5-3-10/h6,10H,2-5,7H2,1H3,(H,22,23). The molecular formula is C15H16BClN4O2. The fraction of sp³-hybridized carbons (Fsp3) is 0.467. The molecule has 6 nitrogen and oxygen atoms in total. The number of aromatic nitrogens is 3. The predicted molar refractivity (Wildman–Crippen MR) is 87.9 cm³/mol. The molecule has 118 valence electrons. The number of halogens is 1. The van der Waals surface area contributed by atoms with Gasteiger partial charge in [0.25, 0.3) is 6.71 Å². The van der Waals surface area contributed by atoms with Crippen molar-refractivity contribution >= 4 is 35.3 Å². The molecule has 1 aliphatic heterocycles. The molecule has 0 aliphatic carbocycles. The molecule has 0 radical (unpaired) electrons. The first kappa shape index (κ1) is 15.8. The Hall–Kier alpha value is -2.07. The van der Waals surface area contributed by atoms with Gasteiger partial charge in [-0.25, -0.2) is 19.7 Å². The minimum atomic E-state index is -1.09. The van der Waals surface area contributed by atoms with Crippen molar-refractivity contribution in [3.8, 4) is 5.97 Å². The Morgan fingerprint density at radius 3 is 2.87 bits per heavy atom. The summed E-state index contributed by atoms with van der Waals surface area (Å²) in [6, 6.07) is 0. The van der Waals surface area contributed by atoms with Crippen molar-refractivity contribution in [1.82, 2.24) is 14.8 Å². The third-order valence-corrected chi connectivity index (χ3v) is 4.96. The predicted octanol–water partition coefficient (Wildman–Crippen LogP) is 3.06. The van der Waals surface area contributed by atoms with Crippen LogP contribution in [0.15, 0.2) is 6.20 Å². The number of aryl methyl sites for hydroxylation is 1. The lowest BCUT2D eigenvalue weighted by atomic mass is 9.42. The lowest BCUT2D eigenvalue weighted by Gasteiger charge is -2.23. The third kappa shape index (κ3) is 2.91. The highest BCUT2D eigenvalue weighted by Crippen LogP contribution is 2.31. The van der Waals surface area contributed by atoms with E-state index in [4.69, 9.17) is 22.0 Å². The van der Waals surface area contributed by atoms with Crippen molar-refractivity contribution in [2.45, 2.75) is 39.0 Å². The van der Waals surface area contributed by atoms with Crippen LogP contribution in [0.2, 0.25) is 17.7 Å². The van der Waals surface area contributed by atoms with E-state index in [1.807, 2.05) is 11.6 Å². The number of aromatic carboxylic acids is 1. The SMILES string of the molecule is Cc1nn(CC2CCB(C#N)CC2)c2ncc(C(=O)O)c(Cl)c12. The second-order valence-electron chi connectivity index (χ2n) is 6.10. The molecule has 0 atom stereocenters.